The van der Waals surface area contributed by atoms with Gasteiger partial charge in [-0.25, -0.2) is 0 Å². The maximum atomic E-state index is 12.9. The number of methoxy groups -OCH3 is 1. The van der Waals surface area contributed by atoms with Gasteiger partial charge in [-0.05, 0) is 75.5 Å². The minimum atomic E-state index is -0.847. The molecule has 0 aromatic heterocycles. The Morgan fingerprint density at radius 1 is 1.08 bits per heavy atom. The molecule has 0 aliphatic heterocycles. The molecule has 36 heavy (non-hydrogen) atoms. The zero-order chi connectivity index (χ0) is 27.6. The van der Waals surface area contributed by atoms with Crippen LogP contribution in [0.1, 0.15) is 66.9 Å². The molecule has 2 amide bonds. The Labute approximate surface area is 217 Å². The fourth-order valence-corrected chi connectivity index (χ4v) is 4.16. The first kappa shape index (κ1) is 31.7. The number of aliphatic hydroxyl groups is 1. The van der Waals surface area contributed by atoms with Crippen LogP contribution in [0.25, 0.3) is 0 Å². The Kier molecular flexibility index (Phi) is 12.7. The molecule has 1 aromatic carbocycles. The largest absolute Gasteiger partial charge is 0.493 e. The summed E-state index contributed by atoms with van der Waals surface area (Å²) in [6.45, 7) is 14.2. The number of primary amides is 1. The maximum Gasteiger partial charge on any atom is 0.224 e. The number of carbonyl (C=O) groups is 2. The topological polar surface area (TPSA) is 137 Å². The van der Waals surface area contributed by atoms with Crippen LogP contribution in [0, 0.1) is 29.1 Å². The minimum Gasteiger partial charge on any atom is -0.493 e. The third-order valence-electron chi connectivity index (χ3n) is 7.05. The van der Waals surface area contributed by atoms with Crippen molar-refractivity contribution in [1.82, 2.24) is 5.32 Å². The lowest BCUT2D eigenvalue weighted by Crippen LogP contribution is -2.46. The van der Waals surface area contributed by atoms with Crippen molar-refractivity contribution in [2.24, 2.45) is 40.6 Å². The number of carbonyl (C=O) groups excluding carboxylic acids is 2. The Balaban J connectivity index is 2.86. The van der Waals surface area contributed by atoms with Crippen LogP contribution in [-0.4, -0.2) is 49.3 Å². The van der Waals surface area contributed by atoms with E-state index in [1.807, 2.05) is 39.0 Å². The lowest BCUT2D eigenvalue weighted by molar-refractivity contribution is -0.130. The Morgan fingerprint density at radius 3 is 2.22 bits per heavy atom. The van der Waals surface area contributed by atoms with Crippen LogP contribution >= 0.6 is 0 Å². The summed E-state index contributed by atoms with van der Waals surface area (Å²) in [4.78, 5) is 24.5. The summed E-state index contributed by atoms with van der Waals surface area (Å²) in [5, 5.41) is 13.8. The van der Waals surface area contributed by atoms with Crippen LogP contribution in [-0.2, 0) is 16.0 Å². The lowest BCUT2D eigenvalue weighted by atomic mass is 9.80. The minimum absolute atomic E-state index is 0.000668. The highest BCUT2D eigenvalue weighted by Crippen LogP contribution is 2.31. The first-order valence-electron chi connectivity index (χ1n) is 13.0. The highest BCUT2D eigenvalue weighted by atomic mass is 16.5. The maximum absolute atomic E-state index is 12.9. The quantitative estimate of drug-likeness (QED) is 0.271. The van der Waals surface area contributed by atoms with Gasteiger partial charge in [0, 0.05) is 18.5 Å². The summed E-state index contributed by atoms with van der Waals surface area (Å²) in [7, 11) is 1.62. The molecule has 0 heterocycles. The van der Waals surface area contributed by atoms with Gasteiger partial charge >= 0.3 is 0 Å². The molecule has 0 fully saturated rings. The van der Waals surface area contributed by atoms with Gasteiger partial charge in [0.15, 0.2) is 11.5 Å². The smallest absolute Gasteiger partial charge is 0.224 e. The van der Waals surface area contributed by atoms with Gasteiger partial charge in [-0.2, -0.15) is 0 Å². The summed E-state index contributed by atoms with van der Waals surface area (Å²) >= 11 is 0. The van der Waals surface area contributed by atoms with E-state index in [0.29, 0.717) is 24.7 Å². The van der Waals surface area contributed by atoms with Crippen LogP contribution < -0.4 is 26.3 Å². The molecule has 1 aromatic rings. The van der Waals surface area contributed by atoms with Crippen molar-refractivity contribution < 1.29 is 24.2 Å². The number of amides is 2. The zero-order valence-corrected chi connectivity index (χ0v) is 23.5. The van der Waals surface area contributed by atoms with E-state index in [4.69, 9.17) is 20.9 Å². The third-order valence-corrected chi connectivity index (χ3v) is 7.05. The zero-order valence-electron chi connectivity index (χ0n) is 23.5. The van der Waals surface area contributed by atoms with Crippen molar-refractivity contribution in [1.29, 1.82) is 0 Å². The molecule has 0 bridgehead atoms. The van der Waals surface area contributed by atoms with Crippen LogP contribution in [0.4, 0.5) is 0 Å². The molecule has 0 unspecified atom stereocenters. The first-order valence-corrected chi connectivity index (χ1v) is 13.0. The van der Waals surface area contributed by atoms with Crippen molar-refractivity contribution in [3.8, 4) is 11.5 Å². The van der Waals surface area contributed by atoms with Gasteiger partial charge in [-0.3, -0.25) is 9.59 Å². The number of nitrogens with one attached hydrogen (secondary N) is 1. The van der Waals surface area contributed by atoms with Crippen LogP contribution in [0.5, 0.6) is 11.5 Å². The first-order chi connectivity index (χ1) is 16.7. The average molecular weight is 508 g/mol. The lowest BCUT2D eigenvalue weighted by Gasteiger charge is -2.30. The molecule has 8 nitrogen and oxygen atoms in total. The molecular formula is C28H49N3O5. The summed E-state index contributed by atoms with van der Waals surface area (Å²) in [5.74, 6) is 0.897. The second-order valence-electron chi connectivity index (χ2n) is 11.1. The predicted octanol–water partition coefficient (Wildman–Crippen LogP) is 3.28. The van der Waals surface area contributed by atoms with E-state index in [-0.39, 0.29) is 30.7 Å². The van der Waals surface area contributed by atoms with Crippen molar-refractivity contribution >= 4 is 11.8 Å². The van der Waals surface area contributed by atoms with Gasteiger partial charge in [-0.1, -0.05) is 33.8 Å². The molecule has 1 rings (SSSR count). The molecule has 8 heteroatoms. The monoisotopic (exact) mass is 507 g/mol. The van der Waals surface area contributed by atoms with Crippen LogP contribution in [0.2, 0.25) is 0 Å². The van der Waals surface area contributed by atoms with Gasteiger partial charge in [0.1, 0.15) is 0 Å². The van der Waals surface area contributed by atoms with Crippen molar-refractivity contribution in [2.45, 2.75) is 79.9 Å². The van der Waals surface area contributed by atoms with Gasteiger partial charge in [0.25, 0.3) is 0 Å². The van der Waals surface area contributed by atoms with E-state index in [1.54, 1.807) is 21.0 Å². The second kappa shape index (κ2) is 14.4. The highest BCUT2D eigenvalue weighted by Gasteiger charge is 2.32. The molecular weight excluding hydrogens is 458 g/mol. The summed E-state index contributed by atoms with van der Waals surface area (Å²) in [5.41, 5.74) is 12.2. The fourth-order valence-electron chi connectivity index (χ4n) is 4.16. The predicted molar refractivity (Wildman–Crippen MR) is 144 cm³/mol. The molecule has 0 aliphatic rings. The number of nitrogens with two attached hydrogens (primary N) is 2. The van der Waals surface area contributed by atoms with E-state index in [9.17, 15) is 14.7 Å². The van der Waals surface area contributed by atoms with Gasteiger partial charge in [0.2, 0.25) is 11.8 Å². The standard InChI is InChI=1S/C28H49N3O5/c1-9-36-25-13-19(10-11-24(25)35-8)12-20(17(2)3)14-22(29)23(32)15-21(18(4)5)26(33)31-16-28(6,7)27(30)34/h10-11,13,17-18,20-23,32H,9,12,14-16,29H2,1-8H3,(H2,30,34)(H,31,33)/t20-,21-,22-,23-/m0/s1. The van der Waals surface area contributed by atoms with Crippen molar-refractivity contribution in [3.63, 3.8) is 0 Å². The number of hydrogen-bond acceptors (Lipinski definition) is 6. The van der Waals surface area contributed by atoms with Crippen LogP contribution in [0.15, 0.2) is 18.2 Å². The van der Waals surface area contributed by atoms with Gasteiger partial charge in [-0.15, -0.1) is 0 Å². The average Bonchev–Trinajstić information content (AvgIpc) is 2.80. The SMILES string of the molecule is CCOc1cc(C[C@@H](C[C@H](N)[C@@H](O)C[C@H](C(=O)NCC(C)(C)C(N)=O)C(C)C)C(C)C)ccc1OC. The molecule has 0 saturated heterocycles. The number of rotatable bonds is 16. The normalized spacial score (nSPS) is 15.3. The van der Waals surface area contributed by atoms with Crippen molar-refractivity contribution in [3.05, 3.63) is 23.8 Å². The molecule has 0 saturated carbocycles. The third kappa shape index (κ3) is 9.62. The molecule has 6 N–H and O–H groups in total. The Bertz CT molecular complexity index is 840. The van der Waals surface area contributed by atoms with E-state index < -0.39 is 29.4 Å². The Hall–Kier alpha value is -2.32. The summed E-state index contributed by atoms with van der Waals surface area (Å²) < 4.78 is 11.1. The van der Waals surface area contributed by atoms with Crippen LogP contribution in [0.3, 0.4) is 0 Å². The molecule has 0 aliphatic carbocycles. The number of benzene rings is 1. The van der Waals surface area contributed by atoms with E-state index >= 15 is 0 Å². The van der Waals surface area contributed by atoms with Gasteiger partial charge < -0.3 is 31.4 Å². The summed E-state index contributed by atoms with van der Waals surface area (Å²) in [6, 6.07) is 5.48. The number of hydrogen-bond donors (Lipinski definition) is 4. The second-order valence-corrected chi connectivity index (χ2v) is 11.1. The Morgan fingerprint density at radius 2 is 1.72 bits per heavy atom. The molecule has 0 spiro atoms. The van der Waals surface area contributed by atoms with E-state index in [2.05, 4.69) is 19.2 Å². The molecule has 206 valence electrons. The fraction of sp³-hybridized carbons (Fsp3) is 0.714. The molecule has 0 radical (unpaired) electrons. The number of aliphatic hydroxyl groups excluding tert-OH is 1. The highest BCUT2D eigenvalue weighted by molar-refractivity contribution is 5.83. The van der Waals surface area contributed by atoms with Gasteiger partial charge in [0.05, 0.1) is 25.2 Å². The molecule has 4 atom stereocenters. The summed E-state index contributed by atoms with van der Waals surface area (Å²) in [6.07, 6.45) is 0.834. The number of ether oxygens (including phenoxy) is 2. The van der Waals surface area contributed by atoms with E-state index in [1.165, 1.54) is 0 Å². The van der Waals surface area contributed by atoms with Crippen molar-refractivity contribution in [2.75, 3.05) is 20.3 Å². The van der Waals surface area contributed by atoms with E-state index in [0.717, 1.165) is 17.7 Å².